The standard InChI is InChI=1S/C18H28N6O2/c1-17(2,3)26-16(25)21-14-8-5-11-4-7-13(10-12(11)6-9-14)18(20)22-15(19)23-24-18/h4,7,10,14,24H,5-6,8-9,20H2,1-3H3,(H,21,25)(H3,19,22,23)/t14-,18?/m0/s1. The number of alkyl carbamates (subject to hydrolysis) is 1. The van der Waals surface area contributed by atoms with E-state index in [4.69, 9.17) is 16.2 Å². The second-order valence-corrected chi connectivity index (χ2v) is 7.92. The van der Waals surface area contributed by atoms with Crippen LogP contribution in [0, 0.1) is 0 Å². The molecule has 0 radical (unpaired) electrons. The van der Waals surface area contributed by atoms with Crippen LogP contribution in [-0.4, -0.2) is 23.7 Å². The highest BCUT2D eigenvalue weighted by Gasteiger charge is 2.32. The van der Waals surface area contributed by atoms with Gasteiger partial charge in [0.15, 0.2) is 0 Å². The predicted molar refractivity (Wildman–Crippen MR) is 100 cm³/mol. The number of rotatable bonds is 2. The fraction of sp³-hybridized carbons (Fsp3) is 0.556. The molecule has 0 aromatic heterocycles. The Kier molecular flexibility index (Phi) is 4.81. The monoisotopic (exact) mass is 360 g/mol. The van der Waals surface area contributed by atoms with Gasteiger partial charge in [0.1, 0.15) is 5.60 Å². The quantitative estimate of drug-likeness (QED) is 0.500. The van der Waals surface area contributed by atoms with Crippen LogP contribution in [0.4, 0.5) is 4.79 Å². The van der Waals surface area contributed by atoms with E-state index in [2.05, 4.69) is 33.3 Å². The Morgan fingerprint density at radius 1 is 1.31 bits per heavy atom. The molecule has 1 aliphatic carbocycles. The number of ether oxygens (including phenoxy) is 1. The summed E-state index contributed by atoms with van der Waals surface area (Å²) >= 11 is 0. The van der Waals surface area contributed by atoms with Gasteiger partial charge >= 0.3 is 6.09 Å². The lowest BCUT2D eigenvalue weighted by Crippen LogP contribution is -2.50. The van der Waals surface area contributed by atoms with Gasteiger partial charge in [0.25, 0.3) is 0 Å². The summed E-state index contributed by atoms with van der Waals surface area (Å²) in [6.45, 7) is 5.59. The summed E-state index contributed by atoms with van der Waals surface area (Å²) in [4.78, 5) is 16.2. The Labute approximate surface area is 153 Å². The first-order valence-corrected chi connectivity index (χ1v) is 8.94. The van der Waals surface area contributed by atoms with E-state index < -0.39 is 11.4 Å². The molecule has 8 nitrogen and oxygen atoms in total. The highest BCUT2D eigenvalue weighted by Crippen LogP contribution is 2.26. The van der Waals surface area contributed by atoms with Gasteiger partial charge in [0, 0.05) is 11.6 Å². The summed E-state index contributed by atoms with van der Waals surface area (Å²) in [5, 5.41) is 2.99. The van der Waals surface area contributed by atoms with Crippen molar-refractivity contribution in [1.29, 1.82) is 0 Å². The Morgan fingerprint density at radius 2 is 2.00 bits per heavy atom. The summed E-state index contributed by atoms with van der Waals surface area (Å²) in [6.07, 6.45) is 3.12. The highest BCUT2D eigenvalue weighted by molar-refractivity contribution is 5.79. The molecule has 1 aromatic carbocycles. The number of hydrogen-bond donors (Lipinski definition) is 5. The summed E-state index contributed by atoms with van der Waals surface area (Å²) in [6, 6.07) is 6.22. The van der Waals surface area contributed by atoms with Crippen molar-refractivity contribution in [2.24, 2.45) is 16.5 Å². The molecule has 1 aromatic rings. The van der Waals surface area contributed by atoms with Gasteiger partial charge in [-0.25, -0.2) is 9.79 Å². The first-order valence-electron chi connectivity index (χ1n) is 8.94. The average Bonchev–Trinajstić information content (AvgIpc) is 2.76. The van der Waals surface area contributed by atoms with Gasteiger partial charge in [-0.15, -0.1) is 0 Å². The van der Waals surface area contributed by atoms with E-state index in [0.717, 1.165) is 31.2 Å². The third-order valence-electron chi connectivity index (χ3n) is 4.57. The Morgan fingerprint density at radius 3 is 2.62 bits per heavy atom. The van der Waals surface area contributed by atoms with Crippen molar-refractivity contribution in [1.82, 2.24) is 16.2 Å². The van der Waals surface area contributed by atoms with Gasteiger partial charge in [-0.05, 0) is 57.6 Å². The number of hydrogen-bond acceptors (Lipinski definition) is 7. The van der Waals surface area contributed by atoms with Gasteiger partial charge in [-0.1, -0.05) is 18.2 Å². The number of aliphatic imine (C=N–C) groups is 1. The molecule has 1 aliphatic heterocycles. The minimum absolute atomic E-state index is 0.0903. The molecule has 142 valence electrons. The molecular weight excluding hydrogens is 332 g/mol. The lowest BCUT2D eigenvalue weighted by atomic mass is 9.97. The molecular formula is C18H28N6O2. The number of aryl methyl sites for hydroxylation is 2. The fourth-order valence-electron chi connectivity index (χ4n) is 3.30. The highest BCUT2D eigenvalue weighted by atomic mass is 16.6. The van der Waals surface area contributed by atoms with Crippen molar-refractivity contribution in [2.75, 3.05) is 0 Å². The van der Waals surface area contributed by atoms with Crippen molar-refractivity contribution in [3.8, 4) is 0 Å². The molecule has 26 heavy (non-hydrogen) atoms. The van der Waals surface area contributed by atoms with E-state index in [-0.39, 0.29) is 18.1 Å². The fourth-order valence-corrected chi connectivity index (χ4v) is 3.30. The molecule has 2 aliphatic rings. The lowest BCUT2D eigenvalue weighted by molar-refractivity contribution is 0.0500. The van der Waals surface area contributed by atoms with E-state index in [1.807, 2.05) is 26.8 Å². The van der Waals surface area contributed by atoms with Crippen LogP contribution in [0.5, 0.6) is 0 Å². The minimum atomic E-state index is -1.06. The number of benzene rings is 1. The maximum absolute atomic E-state index is 12.0. The Hall–Kier alpha value is -2.32. The van der Waals surface area contributed by atoms with E-state index in [9.17, 15) is 4.79 Å². The maximum atomic E-state index is 12.0. The normalized spacial score (nSPS) is 25.5. The van der Waals surface area contributed by atoms with Gasteiger partial charge in [-0.2, -0.15) is 5.43 Å². The number of nitrogens with two attached hydrogens (primary N) is 2. The summed E-state index contributed by atoms with van der Waals surface area (Å²) in [7, 11) is 0. The number of carbonyl (C=O) groups excluding carboxylic acids is 1. The molecule has 0 bridgehead atoms. The number of carbonyl (C=O) groups is 1. The van der Waals surface area contributed by atoms with E-state index in [1.54, 1.807) is 0 Å². The topological polar surface area (TPSA) is 127 Å². The summed E-state index contributed by atoms with van der Waals surface area (Å²) in [5.41, 5.74) is 20.4. The molecule has 2 atom stereocenters. The second kappa shape index (κ2) is 6.77. The lowest BCUT2D eigenvalue weighted by Gasteiger charge is -2.23. The van der Waals surface area contributed by atoms with Crippen LogP contribution in [0.1, 0.15) is 50.3 Å². The smallest absolute Gasteiger partial charge is 0.407 e. The number of amides is 1. The number of guanidine groups is 1. The van der Waals surface area contributed by atoms with Crippen LogP contribution in [0.3, 0.4) is 0 Å². The minimum Gasteiger partial charge on any atom is -0.444 e. The first kappa shape index (κ1) is 18.5. The predicted octanol–water partition coefficient (Wildman–Crippen LogP) is 0.950. The van der Waals surface area contributed by atoms with Crippen LogP contribution in [0.15, 0.2) is 23.2 Å². The summed E-state index contributed by atoms with van der Waals surface area (Å²) < 4.78 is 5.36. The third-order valence-corrected chi connectivity index (χ3v) is 4.57. The van der Waals surface area contributed by atoms with E-state index in [0.29, 0.717) is 0 Å². The SMILES string of the molecule is CC(C)(C)OC(=O)N[C@H]1CCc2ccc(C3(N)N=C(N)NN3)cc2CC1. The molecule has 8 heteroatoms. The maximum Gasteiger partial charge on any atom is 0.407 e. The Bertz CT molecular complexity index is 727. The molecule has 0 fully saturated rings. The van der Waals surface area contributed by atoms with Crippen molar-refractivity contribution in [3.05, 3.63) is 34.9 Å². The van der Waals surface area contributed by atoms with Crippen LogP contribution in [0.2, 0.25) is 0 Å². The molecule has 0 saturated carbocycles. The molecule has 1 amide bonds. The zero-order valence-electron chi connectivity index (χ0n) is 15.6. The molecule has 1 unspecified atom stereocenters. The molecule has 0 saturated heterocycles. The van der Waals surface area contributed by atoms with Gasteiger partial charge in [0.05, 0.1) is 0 Å². The second-order valence-electron chi connectivity index (χ2n) is 7.92. The first-order chi connectivity index (χ1) is 12.1. The van der Waals surface area contributed by atoms with Crippen molar-refractivity contribution in [3.63, 3.8) is 0 Å². The zero-order valence-corrected chi connectivity index (χ0v) is 15.6. The molecule has 0 spiro atoms. The van der Waals surface area contributed by atoms with Crippen molar-refractivity contribution >= 4 is 12.1 Å². The largest absolute Gasteiger partial charge is 0.444 e. The van der Waals surface area contributed by atoms with E-state index in [1.165, 1.54) is 11.1 Å². The van der Waals surface area contributed by atoms with Crippen LogP contribution in [0.25, 0.3) is 0 Å². The van der Waals surface area contributed by atoms with Gasteiger partial charge in [-0.3, -0.25) is 11.2 Å². The molecule has 7 N–H and O–H groups in total. The van der Waals surface area contributed by atoms with Crippen LogP contribution >= 0.6 is 0 Å². The number of nitrogens with one attached hydrogen (secondary N) is 3. The molecule has 1 heterocycles. The van der Waals surface area contributed by atoms with E-state index >= 15 is 0 Å². The Balaban J connectivity index is 1.68. The van der Waals surface area contributed by atoms with Crippen LogP contribution in [-0.2, 0) is 23.4 Å². The van der Waals surface area contributed by atoms with Crippen molar-refractivity contribution < 1.29 is 9.53 Å². The molecule has 3 rings (SSSR count). The number of nitrogens with zero attached hydrogens (tertiary/aromatic N) is 1. The van der Waals surface area contributed by atoms with Crippen LogP contribution < -0.4 is 27.6 Å². The number of hydrazine groups is 1. The number of fused-ring (bicyclic) bond motifs is 1. The van der Waals surface area contributed by atoms with Gasteiger partial charge < -0.3 is 15.8 Å². The van der Waals surface area contributed by atoms with Crippen molar-refractivity contribution in [2.45, 2.75) is 63.9 Å². The average molecular weight is 360 g/mol. The zero-order chi connectivity index (χ0) is 18.9. The third kappa shape index (κ3) is 4.25. The summed E-state index contributed by atoms with van der Waals surface area (Å²) in [5.74, 6) is -0.788. The van der Waals surface area contributed by atoms with Gasteiger partial charge in [0.2, 0.25) is 11.7 Å².